The summed E-state index contributed by atoms with van der Waals surface area (Å²) >= 11 is 0. The van der Waals surface area contributed by atoms with Gasteiger partial charge in [-0.3, -0.25) is 0 Å². The molecule has 0 saturated heterocycles. The van der Waals surface area contributed by atoms with Crippen LogP contribution >= 0.6 is 0 Å². The fourth-order valence-corrected chi connectivity index (χ4v) is 4.59. The third-order valence-electron chi connectivity index (χ3n) is 4.72. The minimum atomic E-state index is -3.52. The minimum absolute atomic E-state index is 0.384. The van der Waals surface area contributed by atoms with Crippen LogP contribution in [0.2, 0.25) is 0 Å². The Morgan fingerprint density at radius 2 is 1.44 bits per heavy atom. The highest BCUT2D eigenvalue weighted by Gasteiger charge is 2.21. The van der Waals surface area contributed by atoms with Crippen LogP contribution in [0.4, 0.5) is 5.69 Å². The fraction of sp³-hybridized carbons (Fsp3) is 0.400. The molecule has 0 atom stereocenters. The molecule has 0 amide bonds. The lowest BCUT2D eigenvalue weighted by Crippen LogP contribution is -2.27. The van der Waals surface area contributed by atoms with E-state index in [0.717, 1.165) is 33.5 Å². The minimum Gasteiger partial charge on any atom is -0.378 e. The van der Waals surface area contributed by atoms with E-state index in [2.05, 4.69) is 4.72 Å². The average molecular weight is 361 g/mol. The normalized spacial score (nSPS) is 11.6. The number of hydrogen-bond acceptors (Lipinski definition) is 3. The Bertz CT molecular complexity index is 828. The molecule has 4 nitrogen and oxygen atoms in total. The Kier molecular flexibility index (Phi) is 5.91. The van der Waals surface area contributed by atoms with Gasteiger partial charge in [0.2, 0.25) is 10.0 Å². The van der Waals surface area contributed by atoms with Crippen molar-refractivity contribution in [1.82, 2.24) is 4.72 Å². The van der Waals surface area contributed by atoms with Crippen LogP contribution in [0.5, 0.6) is 0 Å². The number of nitrogens with zero attached hydrogens (tertiary/aromatic N) is 1. The number of aryl methyl sites for hydroxylation is 2. The van der Waals surface area contributed by atoms with E-state index in [1.165, 1.54) is 0 Å². The van der Waals surface area contributed by atoms with Crippen molar-refractivity contribution in [2.75, 3.05) is 25.5 Å². The molecule has 0 radical (unpaired) electrons. The Hall–Kier alpha value is -1.85. The maximum absolute atomic E-state index is 12.8. The standard InChI is InChI=1S/C20H28N2O2S/c1-14-13-15(2)17(4)20(16(14)3)25(23,24)21-12-11-18-7-9-19(10-8-18)22(5)6/h7-10,13,21H,11-12H2,1-6H3. The molecule has 0 bridgehead atoms. The van der Waals surface area contributed by atoms with E-state index in [1.54, 1.807) is 0 Å². The summed E-state index contributed by atoms with van der Waals surface area (Å²) in [6.07, 6.45) is 0.663. The van der Waals surface area contributed by atoms with E-state index < -0.39 is 10.0 Å². The number of anilines is 1. The first kappa shape index (κ1) is 19.5. The van der Waals surface area contributed by atoms with E-state index in [9.17, 15) is 8.42 Å². The van der Waals surface area contributed by atoms with Crippen molar-refractivity contribution in [3.8, 4) is 0 Å². The van der Waals surface area contributed by atoms with Crippen LogP contribution in [-0.2, 0) is 16.4 Å². The van der Waals surface area contributed by atoms with Gasteiger partial charge in [-0.1, -0.05) is 18.2 Å². The van der Waals surface area contributed by atoms with Crippen molar-refractivity contribution >= 4 is 15.7 Å². The van der Waals surface area contributed by atoms with Gasteiger partial charge in [0, 0.05) is 26.3 Å². The van der Waals surface area contributed by atoms with Crippen LogP contribution in [-0.4, -0.2) is 29.1 Å². The van der Waals surface area contributed by atoms with Gasteiger partial charge < -0.3 is 4.90 Å². The van der Waals surface area contributed by atoms with Crippen LogP contribution < -0.4 is 9.62 Å². The van der Waals surface area contributed by atoms with Crippen LogP contribution in [0.3, 0.4) is 0 Å². The molecule has 0 aliphatic rings. The number of rotatable bonds is 6. The van der Waals surface area contributed by atoms with E-state index in [-0.39, 0.29) is 0 Å². The lowest BCUT2D eigenvalue weighted by molar-refractivity contribution is 0.580. The zero-order valence-electron chi connectivity index (χ0n) is 16.0. The SMILES string of the molecule is Cc1cc(C)c(C)c(S(=O)(=O)NCCc2ccc(N(C)C)cc2)c1C. The Morgan fingerprint density at radius 1 is 0.920 bits per heavy atom. The lowest BCUT2D eigenvalue weighted by atomic mass is 10.0. The summed E-state index contributed by atoms with van der Waals surface area (Å²) in [5, 5.41) is 0. The zero-order valence-corrected chi connectivity index (χ0v) is 16.8. The number of benzene rings is 2. The molecule has 0 aromatic heterocycles. The summed E-state index contributed by atoms with van der Waals surface area (Å²) in [5.74, 6) is 0. The molecule has 5 heteroatoms. The number of nitrogens with one attached hydrogen (secondary N) is 1. The lowest BCUT2D eigenvalue weighted by Gasteiger charge is -2.16. The van der Waals surface area contributed by atoms with Crippen molar-refractivity contribution in [1.29, 1.82) is 0 Å². The fourth-order valence-electron chi connectivity index (χ4n) is 2.95. The van der Waals surface area contributed by atoms with Gasteiger partial charge in [0.15, 0.2) is 0 Å². The molecule has 25 heavy (non-hydrogen) atoms. The Labute approximate surface area is 151 Å². The molecule has 1 N–H and O–H groups in total. The molecular weight excluding hydrogens is 332 g/mol. The molecule has 0 aliphatic carbocycles. The van der Waals surface area contributed by atoms with Crippen molar-refractivity contribution < 1.29 is 8.42 Å². The molecule has 2 rings (SSSR count). The van der Waals surface area contributed by atoms with Gasteiger partial charge in [0.25, 0.3) is 0 Å². The predicted octanol–water partition coefficient (Wildman–Crippen LogP) is 3.51. The van der Waals surface area contributed by atoms with Gasteiger partial charge in [-0.15, -0.1) is 0 Å². The highest BCUT2D eigenvalue weighted by atomic mass is 32.2. The van der Waals surface area contributed by atoms with E-state index in [1.807, 2.05) is 77.0 Å². The van der Waals surface area contributed by atoms with E-state index in [4.69, 9.17) is 0 Å². The zero-order chi connectivity index (χ0) is 18.8. The largest absolute Gasteiger partial charge is 0.378 e. The first-order valence-corrected chi connectivity index (χ1v) is 9.95. The third kappa shape index (κ3) is 4.41. The Balaban J connectivity index is 2.13. The topological polar surface area (TPSA) is 49.4 Å². The smallest absolute Gasteiger partial charge is 0.241 e. The second-order valence-corrected chi connectivity index (χ2v) is 8.50. The average Bonchev–Trinajstić information content (AvgIpc) is 2.53. The van der Waals surface area contributed by atoms with E-state index in [0.29, 0.717) is 17.9 Å². The van der Waals surface area contributed by atoms with Crippen molar-refractivity contribution in [2.45, 2.75) is 39.0 Å². The van der Waals surface area contributed by atoms with Crippen LogP contribution in [0.15, 0.2) is 35.2 Å². The van der Waals surface area contributed by atoms with Gasteiger partial charge in [0.1, 0.15) is 0 Å². The highest BCUT2D eigenvalue weighted by molar-refractivity contribution is 7.89. The van der Waals surface area contributed by atoms with Gasteiger partial charge in [0.05, 0.1) is 4.90 Å². The molecule has 136 valence electrons. The highest BCUT2D eigenvalue weighted by Crippen LogP contribution is 2.25. The maximum atomic E-state index is 12.8. The second kappa shape index (κ2) is 7.58. The van der Waals surface area contributed by atoms with E-state index >= 15 is 0 Å². The summed E-state index contributed by atoms with van der Waals surface area (Å²) in [6, 6.07) is 10.2. The summed E-state index contributed by atoms with van der Waals surface area (Å²) in [4.78, 5) is 2.46. The van der Waals surface area contributed by atoms with Crippen LogP contribution in [0, 0.1) is 27.7 Å². The first-order chi connectivity index (χ1) is 11.6. The van der Waals surface area contributed by atoms with Gasteiger partial charge in [-0.05, 0) is 74.1 Å². The third-order valence-corrected chi connectivity index (χ3v) is 6.46. The summed E-state index contributed by atoms with van der Waals surface area (Å²) in [5.41, 5.74) is 5.90. The molecule has 0 aliphatic heterocycles. The Morgan fingerprint density at radius 3 is 1.92 bits per heavy atom. The molecule has 0 spiro atoms. The van der Waals surface area contributed by atoms with Crippen molar-refractivity contribution in [3.05, 3.63) is 58.1 Å². The van der Waals surface area contributed by atoms with Crippen LogP contribution in [0.25, 0.3) is 0 Å². The number of hydrogen-bond donors (Lipinski definition) is 1. The van der Waals surface area contributed by atoms with Gasteiger partial charge in [-0.25, -0.2) is 13.1 Å². The quantitative estimate of drug-likeness (QED) is 0.858. The van der Waals surface area contributed by atoms with Crippen molar-refractivity contribution in [3.63, 3.8) is 0 Å². The second-order valence-electron chi connectivity index (χ2n) is 6.80. The first-order valence-electron chi connectivity index (χ1n) is 8.47. The van der Waals surface area contributed by atoms with Gasteiger partial charge in [-0.2, -0.15) is 0 Å². The van der Waals surface area contributed by atoms with Gasteiger partial charge >= 0.3 is 0 Å². The number of sulfonamides is 1. The summed E-state index contributed by atoms with van der Waals surface area (Å²) in [6.45, 7) is 8.03. The molecule has 0 fully saturated rings. The maximum Gasteiger partial charge on any atom is 0.241 e. The molecule has 0 unspecified atom stereocenters. The molecule has 2 aromatic carbocycles. The molecule has 0 saturated carbocycles. The summed E-state index contributed by atoms with van der Waals surface area (Å²) in [7, 11) is 0.479. The molecule has 0 heterocycles. The predicted molar refractivity (Wildman–Crippen MR) is 105 cm³/mol. The van der Waals surface area contributed by atoms with Crippen molar-refractivity contribution in [2.24, 2.45) is 0 Å². The monoisotopic (exact) mass is 360 g/mol. The molecular formula is C20H28N2O2S. The molecule has 2 aromatic rings. The summed E-state index contributed by atoms with van der Waals surface area (Å²) < 4.78 is 28.3. The van der Waals surface area contributed by atoms with Crippen LogP contribution in [0.1, 0.15) is 27.8 Å².